The van der Waals surface area contributed by atoms with Gasteiger partial charge in [-0.3, -0.25) is 4.79 Å². The molecule has 1 saturated heterocycles. The van der Waals surface area contributed by atoms with E-state index in [9.17, 15) is 4.79 Å². The zero-order valence-electron chi connectivity index (χ0n) is 17.0. The van der Waals surface area contributed by atoms with Gasteiger partial charge in [0.05, 0.1) is 12.7 Å². The maximum Gasteiger partial charge on any atom is 0.225 e. The minimum absolute atomic E-state index is 0.226. The van der Waals surface area contributed by atoms with Crippen molar-refractivity contribution in [3.05, 3.63) is 47.5 Å². The maximum atomic E-state index is 13.0. The van der Waals surface area contributed by atoms with E-state index in [4.69, 9.17) is 9.47 Å². The first-order chi connectivity index (χ1) is 14.2. The third kappa shape index (κ3) is 3.23. The first-order valence-corrected chi connectivity index (χ1v) is 10.8. The standard InChI is InChI=1S/C23H29N3O3/c1-28-17-7-8-19-18(15-17)20(21-24-11-12-25-21)29-23(19)9-13-26(14-10-23)22(27)16-5-3-2-4-6-16/h7-8,11-12,15-16,20H,2-6,9-10,13-14H2,1H3,(H,24,25). The third-order valence-electron chi connectivity index (χ3n) is 6.98. The number of methoxy groups -OCH3 is 1. The number of ether oxygens (including phenoxy) is 2. The second-order valence-corrected chi connectivity index (χ2v) is 8.58. The monoisotopic (exact) mass is 395 g/mol. The minimum atomic E-state index is -0.359. The second kappa shape index (κ2) is 7.48. The van der Waals surface area contributed by atoms with Crippen molar-refractivity contribution in [2.45, 2.75) is 56.7 Å². The molecule has 0 radical (unpaired) electrons. The Morgan fingerprint density at radius 1 is 1.24 bits per heavy atom. The molecule has 1 amide bonds. The summed E-state index contributed by atoms with van der Waals surface area (Å²) in [6.07, 6.45) is 10.8. The van der Waals surface area contributed by atoms with E-state index < -0.39 is 0 Å². The molecular weight excluding hydrogens is 366 g/mol. The Kier molecular flexibility index (Phi) is 4.82. The lowest BCUT2D eigenvalue weighted by Crippen LogP contribution is -2.47. The Morgan fingerprint density at radius 3 is 2.72 bits per heavy atom. The van der Waals surface area contributed by atoms with Crippen LogP contribution >= 0.6 is 0 Å². The lowest BCUT2D eigenvalue weighted by atomic mass is 9.82. The summed E-state index contributed by atoms with van der Waals surface area (Å²) in [6.45, 7) is 1.51. The maximum absolute atomic E-state index is 13.0. The molecule has 2 aliphatic heterocycles. The summed E-state index contributed by atoms with van der Waals surface area (Å²) in [7, 11) is 1.69. The number of carbonyl (C=O) groups excluding carboxylic acids is 1. The first-order valence-electron chi connectivity index (χ1n) is 10.8. The van der Waals surface area contributed by atoms with E-state index >= 15 is 0 Å². The molecule has 3 aliphatic rings. The number of nitrogens with one attached hydrogen (secondary N) is 1. The van der Waals surface area contributed by atoms with E-state index in [1.54, 1.807) is 13.3 Å². The number of aromatic amines is 1. The number of benzene rings is 1. The molecule has 0 bridgehead atoms. The Hall–Kier alpha value is -2.34. The van der Waals surface area contributed by atoms with Crippen LogP contribution in [0.15, 0.2) is 30.6 Å². The zero-order chi connectivity index (χ0) is 19.8. The molecule has 6 heteroatoms. The number of amides is 1. The van der Waals surface area contributed by atoms with Crippen LogP contribution in [0.1, 0.15) is 68.0 Å². The number of hydrogen-bond donors (Lipinski definition) is 1. The van der Waals surface area contributed by atoms with E-state index in [2.05, 4.69) is 27.0 Å². The van der Waals surface area contributed by atoms with Crippen LogP contribution in [0.25, 0.3) is 0 Å². The summed E-state index contributed by atoms with van der Waals surface area (Å²) in [5, 5.41) is 0. The minimum Gasteiger partial charge on any atom is -0.497 e. The number of aromatic nitrogens is 2. The molecule has 1 N–H and O–H groups in total. The van der Waals surface area contributed by atoms with Crippen LogP contribution in [-0.4, -0.2) is 41.0 Å². The van der Waals surface area contributed by atoms with Crippen LogP contribution < -0.4 is 4.74 Å². The van der Waals surface area contributed by atoms with Crippen LogP contribution in [0, 0.1) is 5.92 Å². The van der Waals surface area contributed by atoms with Crippen LogP contribution in [0.2, 0.25) is 0 Å². The fourth-order valence-corrected chi connectivity index (χ4v) is 5.36. The highest BCUT2D eigenvalue weighted by molar-refractivity contribution is 5.79. The van der Waals surface area contributed by atoms with Crippen molar-refractivity contribution in [1.29, 1.82) is 0 Å². The van der Waals surface area contributed by atoms with Gasteiger partial charge in [0.2, 0.25) is 5.91 Å². The number of likely N-dealkylation sites (tertiary alicyclic amines) is 1. The predicted molar refractivity (Wildman–Crippen MR) is 109 cm³/mol. The molecule has 1 unspecified atom stereocenters. The lowest BCUT2D eigenvalue weighted by molar-refractivity contribution is -0.145. The molecular formula is C23H29N3O3. The van der Waals surface area contributed by atoms with Crippen LogP contribution in [0.5, 0.6) is 5.75 Å². The van der Waals surface area contributed by atoms with Gasteiger partial charge in [0, 0.05) is 31.4 Å². The van der Waals surface area contributed by atoms with Gasteiger partial charge >= 0.3 is 0 Å². The summed E-state index contributed by atoms with van der Waals surface area (Å²) in [5.74, 6) is 2.23. The number of imidazole rings is 1. The van der Waals surface area contributed by atoms with Crippen LogP contribution in [0.3, 0.4) is 0 Å². The first kappa shape index (κ1) is 18.7. The number of H-pyrrole nitrogens is 1. The molecule has 1 aromatic carbocycles. The van der Waals surface area contributed by atoms with Gasteiger partial charge in [-0.15, -0.1) is 0 Å². The SMILES string of the molecule is COc1ccc2c(c1)C(c1ncc[nH]1)OC21CCN(C(=O)C2CCCCC2)CC1. The molecule has 1 aliphatic carbocycles. The van der Waals surface area contributed by atoms with Crippen molar-refractivity contribution in [1.82, 2.24) is 14.9 Å². The van der Waals surface area contributed by atoms with Crippen LogP contribution in [0.4, 0.5) is 0 Å². The molecule has 29 heavy (non-hydrogen) atoms. The number of carbonyl (C=O) groups is 1. The topological polar surface area (TPSA) is 67.5 Å². The molecule has 1 aromatic heterocycles. The summed E-state index contributed by atoms with van der Waals surface area (Å²) >= 11 is 0. The molecule has 1 atom stereocenters. The van der Waals surface area contributed by atoms with Crippen molar-refractivity contribution in [2.24, 2.45) is 5.92 Å². The van der Waals surface area contributed by atoms with Crippen molar-refractivity contribution < 1.29 is 14.3 Å². The fraction of sp³-hybridized carbons (Fsp3) is 0.565. The van der Waals surface area contributed by atoms with Gasteiger partial charge < -0.3 is 19.4 Å². The third-order valence-corrected chi connectivity index (χ3v) is 6.98. The van der Waals surface area contributed by atoms with E-state index in [1.807, 2.05) is 12.3 Å². The van der Waals surface area contributed by atoms with Gasteiger partial charge in [0.25, 0.3) is 0 Å². The van der Waals surface area contributed by atoms with E-state index in [0.29, 0.717) is 5.91 Å². The van der Waals surface area contributed by atoms with Gasteiger partial charge in [-0.1, -0.05) is 25.3 Å². The highest BCUT2D eigenvalue weighted by atomic mass is 16.5. The van der Waals surface area contributed by atoms with Crippen molar-refractivity contribution >= 4 is 5.91 Å². The normalized spacial score (nSPS) is 23.9. The molecule has 3 heterocycles. The van der Waals surface area contributed by atoms with Gasteiger partial charge in [0.15, 0.2) is 0 Å². The summed E-state index contributed by atoms with van der Waals surface area (Å²) < 4.78 is 12.1. The van der Waals surface area contributed by atoms with Gasteiger partial charge in [0.1, 0.15) is 17.7 Å². The number of rotatable bonds is 3. The van der Waals surface area contributed by atoms with Gasteiger partial charge in [-0.2, -0.15) is 0 Å². The smallest absolute Gasteiger partial charge is 0.225 e. The molecule has 2 aromatic rings. The molecule has 1 spiro atoms. The lowest BCUT2D eigenvalue weighted by Gasteiger charge is -2.41. The predicted octanol–water partition coefficient (Wildman–Crippen LogP) is 3.94. The van der Waals surface area contributed by atoms with Crippen molar-refractivity contribution in [2.75, 3.05) is 20.2 Å². The number of hydrogen-bond acceptors (Lipinski definition) is 4. The molecule has 6 nitrogen and oxygen atoms in total. The highest BCUT2D eigenvalue weighted by Crippen LogP contribution is 2.51. The Bertz CT molecular complexity index is 865. The van der Waals surface area contributed by atoms with Crippen LogP contribution in [-0.2, 0) is 15.1 Å². The number of fused-ring (bicyclic) bond motifs is 2. The highest BCUT2D eigenvalue weighted by Gasteiger charge is 2.48. The Labute approximate surface area is 171 Å². The Balaban J connectivity index is 1.38. The average molecular weight is 396 g/mol. The summed E-state index contributed by atoms with van der Waals surface area (Å²) in [4.78, 5) is 22.7. The molecule has 5 rings (SSSR count). The van der Waals surface area contributed by atoms with E-state index in [-0.39, 0.29) is 17.6 Å². The average Bonchev–Trinajstić information content (AvgIpc) is 3.41. The molecule has 1 saturated carbocycles. The number of piperidine rings is 1. The fourth-order valence-electron chi connectivity index (χ4n) is 5.36. The van der Waals surface area contributed by atoms with Crippen molar-refractivity contribution in [3.63, 3.8) is 0 Å². The summed E-state index contributed by atoms with van der Waals surface area (Å²) in [6, 6.07) is 6.21. The quantitative estimate of drug-likeness (QED) is 0.855. The van der Waals surface area contributed by atoms with E-state index in [0.717, 1.165) is 55.9 Å². The zero-order valence-corrected chi connectivity index (χ0v) is 17.0. The summed E-state index contributed by atoms with van der Waals surface area (Å²) in [5.41, 5.74) is 1.97. The van der Waals surface area contributed by atoms with Gasteiger partial charge in [-0.05, 0) is 48.9 Å². The Morgan fingerprint density at radius 2 is 2.03 bits per heavy atom. The largest absolute Gasteiger partial charge is 0.497 e. The van der Waals surface area contributed by atoms with Gasteiger partial charge in [-0.25, -0.2) is 4.98 Å². The second-order valence-electron chi connectivity index (χ2n) is 8.58. The molecule has 2 fully saturated rings. The molecule has 154 valence electrons. The number of nitrogens with zero attached hydrogens (tertiary/aromatic N) is 2. The van der Waals surface area contributed by atoms with Crippen molar-refractivity contribution in [3.8, 4) is 5.75 Å². The van der Waals surface area contributed by atoms with E-state index in [1.165, 1.54) is 24.8 Å².